The van der Waals surface area contributed by atoms with Gasteiger partial charge < -0.3 is 20.9 Å². The zero-order chi connectivity index (χ0) is 29.7. The van der Waals surface area contributed by atoms with E-state index in [0.717, 1.165) is 45.9 Å². The van der Waals surface area contributed by atoms with Crippen LogP contribution >= 0.6 is 0 Å². The summed E-state index contributed by atoms with van der Waals surface area (Å²) >= 11 is 0. The number of fused-ring (bicyclic) bond motifs is 2. The van der Waals surface area contributed by atoms with Gasteiger partial charge in [0.2, 0.25) is 5.82 Å². The number of aryl methyl sites for hydroxylation is 1. The van der Waals surface area contributed by atoms with Gasteiger partial charge in [-0.05, 0) is 52.3 Å². The van der Waals surface area contributed by atoms with Crippen LogP contribution in [0.2, 0.25) is 0 Å². The lowest BCUT2D eigenvalue weighted by Gasteiger charge is -2.14. The Labute approximate surface area is 241 Å². The number of tetrazole rings is 1. The molecular formula is C29H22N10O4. The van der Waals surface area contributed by atoms with Gasteiger partial charge in [0, 0.05) is 36.0 Å². The van der Waals surface area contributed by atoms with Gasteiger partial charge in [0.15, 0.2) is 0 Å². The van der Waals surface area contributed by atoms with Crippen molar-refractivity contribution in [1.82, 2.24) is 45.8 Å². The van der Waals surface area contributed by atoms with E-state index in [2.05, 4.69) is 41.2 Å². The number of nitrogens with one attached hydrogen (secondary N) is 3. The molecule has 3 aromatic heterocycles. The van der Waals surface area contributed by atoms with E-state index in [1.165, 1.54) is 17.0 Å². The smallest absolute Gasteiger partial charge is 0.270 e. The molecule has 212 valence electrons. The summed E-state index contributed by atoms with van der Waals surface area (Å²) in [5, 5.41) is 21.5. The maximum Gasteiger partial charge on any atom is 0.270 e. The van der Waals surface area contributed by atoms with Crippen molar-refractivity contribution < 1.29 is 9.59 Å². The SMILES string of the molecule is Nc1c(-n2cc3ccc(CNC(=O)c4cc(C(=O)N[C@H]5CCc6cc(-c7nn[nH]n7)ccc65)ncn4)cc3c2)c(=O)c1=O. The Morgan fingerprint density at radius 3 is 2.58 bits per heavy atom. The van der Waals surface area contributed by atoms with Gasteiger partial charge >= 0.3 is 0 Å². The zero-order valence-electron chi connectivity index (χ0n) is 22.4. The van der Waals surface area contributed by atoms with Crippen LogP contribution in [0.25, 0.3) is 27.8 Å². The summed E-state index contributed by atoms with van der Waals surface area (Å²) in [7, 11) is 0. The highest BCUT2D eigenvalue weighted by Gasteiger charge is 2.26. The van der Waals surface area contributed by atoms with Crippen molar-refractivity contribution in [3.63, 3.8) is 0 Å². The number of aromatic nitrogens is 7. The average Bonchev–Trinajstić information content (AvgIpc) is 3.80. The second kappa shape index (κ2) is 10.1. The summed E-state index contributed by atoms with van der Waals surface area (Å²) in [5.74, 6) is -0.370. The molecule has 3 aromatic carbocycles. The Balaban J connectivity index is 1.00. The van der Waals surface area contributed by atoms with Crippen LogP contribution in [0.3, 0.4) is 0 Å². The molecule has 43 heavy (non-hydrogen) atoms. The third-order valence-electron chi connectivity index (χ3n) is 7.60. The van der Waals surface area contributed by atoms with Crippen LogP contribution in [-0.2, 0) is 13.0 Å². The van der Waals surface area contributed by atoms with E-state index in [-0.39, 0.29) is 35.3 Å². The summed E-state index contributed by atoms with van der Waals surface area (Å²) in [6, 6.07) is 12.5. The number of amides is 2. The summed E-state index contributed by atoms with van der Waals surface area (Å²) in [6.07, 6.45) is 6.12. The van der Waals surface area contributed by atoms with E-state index in [0.29, 0.717) is 5.82 Å². The van der Waals surface area contributed by atoms with Crippen LogP contribution in [0.5, 0.6) is 0 Å². The highest BCUT2D eigenvalue weighted by molar-refractivity contribution is 5.97. The topological polar surface area (TPSA) is 204 Å². The molecule has 1 aliphatic carbocycles. The molecule has 0 bridgehead atoms. The molecular weight excluding hydrogens is 552 g/mol. The number of benzene rings is 2. The number of hydrogen-bond acceptors (Lipinski definition) is 10. The van der Waals surface area contributed by atoms with Gasteiger partial charge in [-0.3, -0.25) is 19.2 Å². The van der Waals surface area contributed by atoms with E-state index in [1.54, 1.807) is 12.4 Å². The van der Waals surface area contributed by atoms with Gasteiger partial charge in [-0.1, -0.05) is 24.3 Å². The van der Waals surface area contributed by atoms with Gasteiger partial charge in [-0.2, -0.15) is 5.21 Å². The van der Waals surface area contributed by atoms with Crippen LogP contribution in [0.1, 0.15) is 50.1 Å². The highest BCUT2D eigenvalue weighted by Crippen LogP contribution is 2.33. The van der Waals surface area contributed by atoms with Crippen molar-refractivity contribution in [1.29, 1.82) is 0 Å². The van der Waals surface area contributed by atoms with Crippen molar-refractivity contribution in [2.45, 2.75) is 25.4 Å². The van der Waals surface area contributed by atoms with Gasteiger partial charge in [0.25, 0.3) is 22.7 Å². The predicted molar refractivity (Wildman–Crippen MR) is 154 cm³/mol. The molecule has 1 atom stereocenters. The van der Waals surface area contributed by atoms with E-state index in [1.807, 2.05) is 36.4 Å². The lowest BCUT2D eigenvalue weighted by atomic mass is 10.0. The molecule has 3 heterocycles. The van der Waals surface area contributed by atoms with Crippen LogP contribution in [0, 0.1) is 0 Å². The quantitative estimate of drug-likeness (QED) is 0.200. The number of nitrogens with zero attached hydrogens (tertiary/aromatic N) is 6. The largest absolute Gasteiger partial charge is 0.394 e. The molecule has 0 spiro atoms. The second-order valence-corrected chi connectivity index (χ2v) is 10.2. The van der Waals surface area contributed by atoms with Crippen molar-refractivity contribution in [2.24, 2.45) is 0 Å². The molecule has 14 heteroatoms. The Kier molecular flexibility index (Phi) is 6.08. The fraction of sp³-hybridized carbons (Fsp3) is 0.138. The van der Waals surface area contributed by atoms with Crippen molar-refractivity contribution in [3.8, 4) is 17.1 Å². The number of carbonyl (C=O) groups is 2. The van der Waals surface area contributed by atoms with E-state index in [9.17, 15) is 19.2 Å². The Hall–Kier alpha value is -6.05. The first-order chi connectivity index (χ1) is 20.9. The van der Waals surface area contributed by atoms with E-state index in [4.69, 9.17) is 5.73 Å². The Morgan fingerprint density at radius 1 is 0.977 bits per heavy atom. The fourth-order valence-electron chi connectivity index (χ4n) is 5.38. The monoisotopic (exact) mass is 574 g/mol. The second-order valence-electron chi connectivity index (χ2n) is 10.2. The lowest BCUT2D eigenvalue weighted by molar-refractivity contribution is 0.0931. The molecule has 1 aliphatic rings. The van der Waals surface area contributed by atoms with Crippen molar-refractivity contribution in [3.05, 3.63) is 110 Å². The van der Waals surface area contributed by atoms with Crippen molar-refractivity contribution >= 4 is 28.3 Å². The molecule has 6 aromatic rings. The standard InChI is InChI=1S/C29H22N10O4/c30-23-24(26(41)25(23)40)39-11-17-2-1-14(7-18(17)12-39)10-31-28(42)21-9-22(33-13-32-21)29(43)34-20-6-4-15-8-16(3-5-19(15)20)27-35-37-38-36-27/h1-3,5,7-9,11-13,20H,4,6,10,30H2,(H,31,42)(H,34,43)(H,35,36,37,38)/t20-/m0/s1. The number of rotatable bonds is 7. The molecule has 7 rings (SSSR count). The maximum atomic E-state index is 13.1. The third-order valence-corrected chi connectivity index (χ3v) is 7.60. The minimum atomic E-state index is -0.679. The number of carbonyl (C=O) groups excluding carboxylic acids is 2. The van der Waals surface area contributed by atoms with Gasteiger partial charge in [0.05, 0.1) is 6.04 Å². The first kappa shape index (κ1) is 25.9. The van der Waals surface area contributed by atoms with Gasteiger partial charge in [-0.25, -0.2) is 9.97 Å². The first-order valence-electron chi connectivity index (χ1n) is 13.3. The molecule has 0 radical (unpaired) electrons. The van der Waals surface area contributed by atoms with Crippen LogP contribution < -0.4 is 27.2 Å². The Morgan fingerprint density at radius 2 is 1.79 bits per heavy atom. The molecule has 14 nitrogen and oxygen atoms in total. The molecule has 5 N–H and O–H groups in total. The number of anilines is 1. The molecule has 0 unspecified atom stereocenters. The number of nitrogens with two attached hydrogens (primary N) is 1. The fourth-order valence-corrected chi connectivity index (χ4v) is 5.38. The molecule has 2 amide bonds. The number of hydrogen-bond donors (Lipinski definition) is 4. The molecule has 0 aliphatic heterocycles. The number of nitrogen functional groups attached to an aromatic ring is 1. The maximum absolute atomic E-state index is 13.1. The normalized spacial score (nSPS) is 14.2. The van der Waals surface area contributed by atoms with E-state index < -0.39 is 22.7 Å². The first-order valence-corrected chi connectivity index (χ1v) is 13.3. The lowest BCUT2D eigenvalue weighted by Crippen LogP contribution is -2.38. The number of aromatic amines is 1. The highest BCUT2D eigenvalue weighted by atomic mass is 16.2. The molecule has 0 fully saturated rings. The minimum Gasteiger partial charge on any atom is -0.394 e. The summed E-state index contributed by atoms with van der Waals surface area (Å²) in [5.41, 5.74) is 8.37. The number of H-pyrrole nitrogens is 1. The predicted octanol–water partition coefficient (Wildman–Crippen LogP) is 1.13. The summed E-state index contributed by atoms with van der Waals surface area (Å²) in [4.78, 5) is 57.4. The average molecular weight is 575 g/mol. The molecule has 0 saturated carbocycles. The summed E-state index contributed by atoms with van der Waals surface area (Å²) in [6.45, 7) is 0.193. The van der Waals surface area contributed by atoms with Gasteiger partial charge in [0.1, 0.15) is 29.1 Å². The Bertz CT molecular complexity index is 2130. The summed E-state index contributed by atoms with van der Waals surface area (Å²) < 4.78 is 1.54. The van der Waals surface area contributed by atoms with E-state index >= 15 is 0 Å². The van der Waals surface area contributed by atoms with Crippen LogP contribution in [0.4, 0.5) is 5.69 Å². The van der Waals surface area contributed by atoms with Gasteiger partial charge in [-0.15, -0.1) is 10.2 Å². The minimum absolute atomic E-state index is 0.0551. The van der Waals surface area contributed by atoms with Crippen LogP contribution in [-0.4, -0.2) is 47.0 Å². The molecule has 0 saturated heterocycles. The van der Waals surface area contributed by atoms with Crippen molar-refractivity contribution in [2.75, 3.05) is 5.73 Å². The van der Waals surface area contributed by atoms with Crippen LogP contribution in [0.15, 0.2) is 70.8 Å². The third kappa shape index (κ3) is 4.60. The zero-order valence-corrected chi connectivity index (χ0v) is 22.4.